The highest BCUT2D eigenvalue weighted by molar-refractivity contribution is 7.91. The Morgan fingerprint density at radius 3 is 2.61 bits per heavy atom. The topological polar surface area (TPSA) is 105 Å². The van der Waals surface area contributed by atoms with Gasteiger partial charge in [-0.3, -0.25) is 0 Å². The smallest absolute Gasteiger partial charge is 0.252 e. The number of sulfonamides is 1. The normalized spacial score (nSPS) is 18.9. The summed E-state index contributed by atoms with van der Waals surface area (Å²) in [5.74, 6) is 1.22. The lowest BCUT2D eigenvalue weighted by Crippen LogP contribution is -2.49. The molecular formula is C25H28ClN7O3S2. The van der Waals surface area contributed by atoms with Crippen LogP contribution in [0.5, 0.6) is 0 Å². The molecule has 0 radical (unpaired) electrons. The third-order valence-corrected chi connectivity index (χ3v) is 10.4. The van der Waals surface area contributed by atoms with Crippen molar-refractivity contribution in [2.75, 3.05) is 49.5 Å². The largest absolute Gasteiger partial charge is 0.376 e. The zero-order valence-corrected chi connectivity index (χ0v) is 23.1. The van der Waals surface area contributed by atoms with E-state index in [1.54, 1.807) is 18.5 Å². The molecule has 1 unspecified atom stereocenters. The second-order valence-electron chi connectivity index (χ2n) is 9.37. The molecule has 2 saturated heterocycles. The number of imidazole rings is 1. The predicted molar refractivity (Wildman–Crippen MR) is 149 cm³/mol. The molecule has 4 aromatic rings. The molecule has 6 rings (SSSR count). The third kappa shape index (κ3) is 5.23. The van der Waals surface area contributed by atoms with E-state index in [0.717, 1.165) is 42.0 Å². The van der Waals surface area contributed by atoms with Crippen molar-refractivity contribution in [3.05, 3.63) is 58.7 Å². The zero-order chi connectivity index (χ0) is 26.1. The molecule has 1 N–H and O–H groups in total. The fraction of sp³-hybridized carbons (Fsp3) is 0.400. The molecule has 0 saturated carbocycles. The molecule has 200 valence electrons. The second kappa shape index (κ2) is 10.8. The minimum absolute atomic E-state index is 0.148. The number of fused-ring (bicyclic) bond motifs is 1. The second-order valence-corrected chi connectivity index (χ2v) is 13.2. The molecule has 5 heterocycles. The zero-order valence-electron chi connectivity index (χ0n) is 20.7. The van der Waals surface area contributed by atoms with E-state index in [1.165, 1.54) is 4.31 Å². The van der Waals surface area contributed by atoms with Crippen LogP contribution < -0.4 is 10.2 Å². The van der Waals surface area contributed by atoms with E-state index in [4.69, 9.17) is 26.3 Å². The van der Waals surface area contributed by atoms with Crippen LogP contribution in [0.2, 0.25) is 4.34 Å². The molecule has 2 aliphatic heterocycles. The van der Waals surface area contributed by atoms with Gasteiger partial charge in [-0.15, -0.1) is 11.3 Å². The molecule has 3 aromatic heterocycles. The maximum absolute atomic E-state index is 13.1. The lowest BCUT2D eigenvalue weighted by Gasteiger charge is -2.33. The van der Waals surface area contributed by atoms with Crippen molar-refractivity contribution >= 4 is 55.9 Å². The van der Waals surface area contributed by atoms with Crippen LogP contribution in [0.15, 0.2) is 53.0 Å². The molecule has 0 aliphatic carbocycles. The van der Waals surface area contributed by atoms with Crippen molar-refractivity contribution < 1.29 is 13.2 Å². The van der Waals surface area contributed by atoms with Crippen molar-refractivity contribution in [3.63, 3.8) is 0 Å². The van der Waals surface area contributed by atoms with Gasteiger partial charge in [0.15, 0.2) is 17.0 Å². The molecular weight excluding hydrogens is 546 g/mol. The number of halogens is 1. The summed E-state index contributed by atoms with van der Waals surface area (Å²) in [5.41, 5.74) is 2.59. The molecule has 0 bridgehead atoms. The van der Waals surface area contributed by atoms with Gasteiger partial charge in [-0.05, 0) is 30.5 Å². The van der Waals surface area contributed by atoms with Crippen LogP contribution in [0.1, 0.15) is 18.4 Å². The van der Waals surface area contributed by atoms with Gasteiger partial charge in [0.05, 0.1) is 23.3 Å². The summed E-state index contributed by atoms with van der Waals surface area (Å²) >= 11 is 7.06. The lowest BCUT2D eigenvalue weighted by molar-refractivity contribution is 0.120. The highest BCUT2D eigenvalue weighted by atomic mass is 35.5. The number of benzene rings is 1. The van der Waals surface area contributed by atoms with E-state index in [9.17, 15) is 8.42 Å². The Bertz CT molecular complexity index is 1510. The number of aromatic nitrogens is 4. The molecule has 1 aromatic carbocycles. The quantitative estimate of drug-likeness (QED) is 0.340. The fourth-order valence-corrected chi connectivity index (χ4v) is 7.86. The number of ether oxygens (including phenoxy) is 1. The van der Waals surface area contributed by atoms with E-state index in [0.29, 0.717) is 60.9 Å². The molecule has 10 nitrogen and oxygen atoms in total. The summed E-state index contributed by atoms with van der Waals surface area (Å²) in [5, 5.41) is 3.45. The highest BCUT2D eigenvalue weighted by Gasteiger charge is 2.31. The molecule has 0 amide bonds. The van der Waals surface area contributed by atoms with E-state index in [1.807, 2.05) is 27.7 Å². The first-order valence-corrected chi connectivity index (χ1v) is 15.2. The van der Waals surface area contributed by atoms with Gasteiger partial charge in [0.1, 0.15) is 4.21 Å². The fourth-order valence-electron chi connectivity index (χ4n) is 4.80. The van der Waals surface area contributed by atoms with Crippen molar-refractivity contribution in [1.29, 1.82) is 0 Å². The van der Waals surface area contributed by atoms with Crippen LogP contribution in [-0.2, 0) is 21.3 Å². The molecule has 0 spiro atoms. The molecule has 1 atom stereocenters. The molecule has 13 heteroatoms. The van der Waals surface area contributed by atoms with Crippen LogP contribution >= 0.6 is 22.9 Å². The van der Waals surface area contributed by atoms with Crippen LogP contribution in [0.25, 0.3) is 11.2 Å². The number of nitrogens with one attached hydrogen (secondary N) is 1. The van der Waals surface area contributed by atoms with Gasteiger partial charge in [0.25, 0.3) is 10.0 Å². The number of rotatable bonds is 8. The van der Waals surface area contributed by atoms with Gasteiger partial charge in [-0.2, -0.15) is 14.3 Å². The first kappa shape index (κ1) is 25.5. The average molecular weight is 574 g/mol. The summed E-state index contributed by atoms with van der Waals surface area (Å²) in [7, 11) is -3.58. The van der Waals surface area contributed by atoms with E-state index in [2.05, 4.69) is 22.4 Å². The number of hydrogen-bond donors (Lipinski definition) is 1. The Morgan fingerprint density at radius 1 is 1.08 bits per heavy atom. The standard InChI is InChI=1S/C25H28ClN7O3S2/c26-20-8-9-21(37-20)38(34,35)33-12-10-31(11-13-33)25-29-23(27-15-19-7-4-14-36-19)22-24(30-25)32(17-28-22)16-18-5-2-1-3-6-18/h1-3,5-6,8-9,17,19H,4,7,10-16H2,(H,27,29,30). The van der Waals surface area contributed by atoms with E-state index >= 15 is 0 Å². The van der Waals surface area contributed by atoms with Crippen LogP contribution in [-0.4, -0.2) is 77.7 Å². The van der Waals surface area contributed by atoms with Crippen LogP contribution in [0.3, 0.4) is 0 Å². The van der Waals surface area contributed by atoms with Gasteiger partial charge in [-0.25, -0.2) is 13.4 Å². The number of nitrogens with zero attached hydrogens (tertiary/aromatic N) is 6. The van der Waals surface area contributed by atoms with Crippen molar-refractivity contribution in [3.8, 4) is 0 Å². The maximum atomic E-state index is 13.1. The van der Waals surface area contributed by atoms with Gasteiger partial charge >= 0.3 is 0 Å². The Kier molecular flexibility index (Phi) is 7.23. The summed E-state index contributed by atoms with van der Waals surface area (Å²) in [6.07, 6.45) is 4.02. The summed E-state index contributed by atoms with van der Waals surface area (Å²) < 4.78 is 36.2. The third-order valence-electron chi connectivity index (χ3n) is 6.83. The van der Waals surface area contributed by atoms with E-state index in [-0.39, 0.29) is 10.3 Å². The minimum Gasteiger partial charge on any atom is -0.376 e. The lowest BCUT2D eigenvalue weighted by atomic mass is 10.2. The summed E-state index contributed by atoms with van der Waals surface area (Å²) in [6, 6.07) is 13.3. The average Bonchev–Trinajstić information content (AvgIpc) is 3.70. The number of hydrogen-bond acceptors (Lipinski definition) is 9. The SMILES string of the molecule is O=S(=O)(c1ccc(Cl)s1)N1CCN(c2nc(NCC3CCCO3)c3ncn(Cc4ccccc4)c3n2)CC1. The predicted octanol–water partition coefficient (Wildman–Crippen LogP) is 3.69. The molecule has 2 aliphatic rings. The van der Waals surface area contributed by atoms with Gasteiger partial charge in [0, 0.05) is 39.3 Å². The molecule has 38 heavy (non-hydrogen) atoms. The Labute approximate surface area is 230 Å². The van der Waals surface area contributed by atoms with E-state index < -0.39 is 10.0 Å². The Morgan fingerprint density at radius 2 is 1.89 bits per heavy atom. The minimum atomic E-state index is -3.58. The highest BCUT2D eigenvalue weighted by Crippen LogP contribution is 2.30. The van der Waals surface area contributed by atoms with Gasteiger partial charge < -0.3 is 19.5 Å². The first-order chi connectivity index (χ1) is 18.5. The Balaban J connectivity index is 1.26. The first-order valence-electron chi connectivity index (χ1n) is 12.6. The van der Waals surface area contributed by atoms with Gasteiger partial charge in [0.2, 0.25) is 5.95 Å². The summed E-state index contributed by atoms with van der Waals surface area (Å²) in [6.45, 7) is 3.68. The maximum Gasteiger partial charge on any atom is 0.252 e. The summed E-state index contributed by atoms with van der Waals surface area (Å²) in [4.78, 5) is 16.4. The number of anilines is 2. The van der Waals surface area contributed by atoms with Crippen molar-refractivity contribution in [2.24, 2.45) is 0 Å². The number of thiophene rings is 1. The monoisotopic (exact) mass is 573 g/mol. The van der Waals surface area contributed by atoms with Crippen molar-refractivity contribution in [2.45, 2.75) is 29.7 Å². The van der Waals surface area contributed by atoms with Crippen LogP contribution in [0.4, 0.5) is 11.8 Å². The van der Waals surface area contributed by atoms with Gasteiger partial charge in [-0.1, -0.05) is 41.9 Å². The Hall–Kier alpha value is -2.77. The molecule has 2 fully saturated rings. The van der Waals surface area contributed by atoms with Crippen molar-refractivity contribution in [1.82, 2.24) is 23.8 Å². The number of piperazine rings is 1. The van der Waals surface area contributed by atoms with Crippen LogP contribution in [0, 0.1) is 0 Å².